The maximum absolute atomic E-state index is 12.4. The topological polar surface area (TPSA) is 69.0 Å². The minimum atomic E-state index is -0.0751. The Balaban J connectivity index is 1.69. The molecule has 1 aromatic heterocycles. The van der Waals surface area contributed by atoms with Gasteiger partial charge in [0.25, 0.3) is 0 Å². The predicted molar refractivity (Wildman–Crippen MR) is 113 cm³/mol. The highest BCUT2D eigenvalue weighted by atomic mass is 32.2. The van der Waals surface area contributed by atoms with E-state index >= 15 is 0 Å². The van der Waals surface area contributed by atoms with Crippen molar-refractivity contribution in [2.24, 2.45) is 0 Å². The molecule has 0 atom stereocenters. The van der Waals surface area contributed by atoms with Gasteiger partial charge in [0.2, 0.25) is 5.91 Å². The fourth-order valence-electron chi connectivity index (χ4n) is 2.97. The lowest BCUT2D eigenvalue weighted by Crippen LogP contribution is -2.14. The summed E-state index contributed by atoms with van der Waals surface area (Å²) in [5.41, 5.74) is 3.98. The number of carbonyl (C=O) groups excluding carboxylic acids is 1. The Labute approximate surface area is 169 Å². The van der Waals surface area contributed by atoms with Crippen LogP contribution in [0.4, 0.5) is 5.69 Å². The Morgan fingerprint density at radius 3 is 2.39 bits per heavy atom. The van der Waals surface area contributed by atoms with Gasteiger partial charge in [-0.1, -0.05) is 17.8 Å². The fourth-order valence-corrected chi connectivity index (χ4v) is 3.76. The molecule has 28 heavy (non-hydrogen) atoms. The summed E-state index contributed by atoms with van der Waals surface area (Å²) in [5.74, 6) is 1.76. The molecule has 0 fully saturated rings. The number of hydrogen-bond acceptors (Lipinski definition) is 5. The van der Waals surface area contributed by atoms with Crippen molar-refractivity contribution in [3.8, 4) is 11.4 Å². The molecule has 0 unspecified atom stereocenters. The van der Waals surface area contributed by atoms with Gasteiger partial charge in [-0.2, -0.15) is 0 Å². The van der Waals surface area contributed by atoms with Crippen molar-refractivity contribution in [1.29, 1.82) is 0 Å². The second kappa shape index (κ2) is 8.93. The number of amides is 1. The van der Waals surface area contributed by atoms with Gasteiger partial charge >= 0.3 is 0 Å². The number of aromatic nitrogens is 3. The van der Waals surface area contributed by atoms with Gasteiger partial charge in [0.05, 0.1) is 12.4 Å². The van der Waals surface area contributed by atoms with E-state index < -0.39 is 0 Å². The quantitative estimate of drug-likeness (QED) is 0.602. The van der Waals surface area contributed by atoms with E-state index in [4.69, 9.17) is 4.74 Å². The lowest BCUT2D eigenvalue weighted by molar-refractivity contribution is -0.113. The number of benzene rings is 2. The number of rotatable bonds is 7. The van der Waals surface area contributed by atoms with Crippen molar-refractivity contribution >= 4 is 23.4 Å². The number of nitrogens with zero attached hydrogens (tertiary/aromatic N) is 3. The molecule has 7 heteroatoms. The largest absolute Gasteiger partial charge is 0.494 e. The van der Waals surface area contributed by atoms with Gasteiger partial charge in [0.15, 0.2) is 5.16 Å². The highest BCUT2D eigenvalue weighted by molar-refractivity contribution is 7.99. The van der Waals surface area contributed by atoms with E-state index in [9.17, 15) is 4.79 Å². The number of hydrogen-bond donors (Lipinski definition) is 1. The van der Waals surface area contributed by atoms with Gasteiger partial charge in [-0.25, -0.2) is 0 Å². The molecule has 3 rings (SSSR count). The number of thioether (sulfide) groups is 1. The maximum Gasteiger partial charge on any atom is 0.234 e. The van der Waals surface area contributed by atoms with Crippen LogP contribution in [0.2, 0.25) is 0 Å². The predicted octanol–water partition coefficient (Wildman–Crippen LogP) is 4.32. The summed E-state index contributed by atoms with van der Waals surface area (Å²) in [5, 5.41) is 12.0. The van der Waals surface area contributed by atoms with Crippen LogP contribution < -0.4 is 10.1 Å². The van der Waals surface area contributed by atoms with E-state index in [2.05, 4.69) is 21.6 Å². The van der Waals surface area contributed by atoms with Crippen LogP contribution in [0, 0.1) is 20.8 Å². The van der Waals surface area contributed by atoms with Gasteiger partial charge in [-0.05, 0) is 75.2 Å². The number of carbonyl (C=O) groups is 1. The van der Waals surface area contributed by atoms with Crippen LogP contribution in [0.1, 0.15) is 23.9 Å². The maximum atomic E-state index is 12.4. The zero-order chi connectivity index (χ0) is 20.1. The Bertz CT molecular complexity index is 947. The van der Waals surface area contributed by atoms with E-state index in [0.717, 1.165) is 34.1 Å². The summed E-state index contributed by atoms with van der Waals surface area (Å²) in [7, 11) is 0. The normalized spacial score (nSPS) is 10.7. The van der Waals surface area contributed by atoms with Crippen LogP contribution in [0.15, 0.2) is 47.6 Å². The third-order valence-corrected chi connectivity index (χ3v) is 4.97. The van der Waals surface area contributed by atoms with Crippen molar-refractivity contribution in [2.75, 3.05) is 17.7 Å². The van der Waals surface area contributed by atoms with Gasteiger partial charge in [-0.15, -0.1) is 10.2 Å². The molecule has 0 spiro atoms. The lowest BCUT2D eigenvalue weighted by atomic mass is 10.1. The zero-order valence-corrected chi connectivity index (χ0v) is 17.3. The average Bonchev–Trinajstić information content (AvgIpc) is 3.01. The molecule has 0 aliphatic heterocycles. The summed E-state index contributed by atoms with van der Waals surface area (Å²) >= 11 is 1.36. The van der Waals surface area contributed by atoms with Crippen LogP contribution >= 0.6 is 11.8 Å². The molecule has 0 bridgehead atoms. The first-order valence-electron chi connectivity index (χ1n) is 9.12. The molecule has 2 aromatic carbocycles. The Kier molecular flexibility index (Phi) is 6.36. The highest BCUT2D eigenvalue weighted by Crippen LogP contribution is 2.24. The number of aryl methyl sites for hydroxylation is 3. The molecule has 0 radical (unpaired) electrons. The number of ether oxygens (including phenoxy) is 1. The smallest absolute Gasteiger partial charge is 0.234 e. The van der Waals surface area contributed by atoms with Gasteiger partial charge in [0, 0.05) is 11.4 Å². The van der Waals surface area contributed by atoms with Crippen LogP contribution in [0.5, 0.6) is 5.75 Å². The summed E-state index contributed by atoms with van der Waals surface area (Å²) in [6, 6.07) is 13.7. The Morgan fingerprint density at radius 2 is 1.75 bits per heavy atom. The van der Waals surface area contributed by atoms with E-state index in [1.165, 1.54) is 11.8 Å². The minimum Gasteiger partial charge on any atom is -0.494 e. The van der Waals surface area contributed by atoms with Gasteiger partial charge in [-0.3, -0.25) is 9.36 Å². The van der Waals surface area contributed by atoms with Crippen molar-refractivity contribution in [1.82, 2.24) is 14.8 Å². The molecule has 0 aliphatic carbocycles. The molecule has 3 aromatic rings. The summed E-state index contributed by atoms with van der Waals surface area (Å²) in [6.45, 7) is 8.50. The Hall–Kier alpha value is -2.80. The van der Waals surface area contributed by atoms with Crippen LogP contribution in [-0.4, -0.2) is 33.0 Å². The monoisotopic (exact) mass is 396 g/mol. The zero-order valence-electron chi connectivity index (χ0n) is 16.5. The summed E-state index contributed by atoms with van der Waals surface area (Å²) in [4.78, 5) is 12.4. The molecule has 0 saturated carbocycles. The van der Waals surface area contributed by atoms with Crippen molar-refractivity contribution < 1.29 is 9.53 Å². The van der Waals surface area contributed by atoms with Gasteiger partial charge in [0.1, 0.15) is 11.6 Å². The molecule has 0 saturated heterocycles. The molecular weight excluding hydrogens is 372 g/mol. The molecule has 1 amide bonds. The molecule has 1 heterocycles. The first kappa shape index (κ1) is 19.9. The molecule has 0 aliphatic rings. The van der Waals surface area contributed by atoms with E-state index in [1.807, 2.05) is 68.7 Å². The first-order valence-corrected chi connectivity index (χ1v) is 10.1. The van der Waals surface area contributed by atoms with E-state index in [-0.39, 0.29) is 11.7 Å². The summed E-state index contributed by atoms with van der Waals surface area (Å²) < 4.78 is 7.43. The van der Waals surface area contributed by atoms with Crippen molar-refractivity contribution in [3.63, 3.8) is 0 Å². The molecule has 1 N–H and O–H groups in total. The third-order valence-electron chi connectivity index (χ3n) is 4.04. The highest BCUT2D eigenvalue weighted by Gasteiger charge is 2.14. The van der Waals surface area contributed by atoms with E-state index in [0.29, 0.717) is 11.8 Å². The number of anilines is 1. The third kappa shape index (κ3) is 4.92. The average molecular weight is 397 g/mol. The lowest BCUT2D eigenvalue weighted by Gasteiger charge is -2.10. The number of nitrogens with one attached hydrogen (secondary N) is 1. The van der Waals surface area contributed by atoms with Gasteiger partial charge < -0.3 is 10.1 Å². The molecular formula is C21H24N4O2S. The summed E-state index contributed by atoms with van der Waals surface area (Å²) in [6.07, 6.45) is 0. The molecule has 146 valence electrons. The van der Waals surface area contributed by atoms with Crippen LogP contribution in [-0.2, 0) is 4.79 Å². The standard InChI is InChI=1S/C21H24N4O2S/c1-5-27-19-8-6-18(7-9-19)25-16(4)23-24-21(25)28-13-20(26)22-17-11-14(2)10-15(3)12-17/h6-12H,5,13H2,1-4H3,(H,22,26). The minimum absolute atomic E-state index is 0.0751. The second-order valence-electron chi connectivity index (χ2n) is 6.51. The molecule has 6 nitrogen and oxygen atoms in total. The first-order chi connectivity index (χ1) is 13.5. The Morgan fingerprint density at radius 1 is 1.07 bits per heavy atom. The van der Waals surface area contributed by atoms with Crippen LogP contribution in [0.25, 0.3) is 5.69 Å². The van der Waals surface area contributed by atoms with E-state index in [1.54, 1.807) is 0 Å². The van der Waals surface area contributed by atoms with Crippen molar-refractivity contribution in [2.45, 2.75) is 32.9 Å². The van der Waals surface area contributed by atoms with Crippen LogP contribution in [0.3, 0.4) is 0 Å². The second-order valence-corrected chi connectivity index (χ2v) is 7.45. The fraction of sp³-hybridized carbons (Fsp3) is 0.286. The van der Waals surface area contributed by atoms with Crippen molar-refractivity contribution in [3.05, 3.63) is 59.4 Å². The SMILES string of the molecule is CCOc1ccc(-n2c(C)nnc2SCC(=O)Nc2cc(C)cc(C)c2)cc1.